The van der Waals surface area contributed by atoms with Crippen LogP contribution in [0.5, 0.6) is 0 Å². The smallest absolute Gasteiger partial charge is 0.283 e. The summed E-state index contributed by atoms with van der Waals surface area (Å²) in [5, 5.41) is 14.5. The van der Waals surface area contributed by atoms with Gasteiger partial charge in [-0.15, -0.1) is 0 Å². The maximum atomic E-state index is 12.8. The molecule has 0 bridgehead atoms. The number of carbonyl (C=O) groups is 1. The van der Waals surface area contributed by atoms with E-state index in [1.807, 2.05) is 17.0 Å². The second-order valence-corrected chi connectivity index (χ2v) is 8.66. The first-order valence-electron chi connectivity index (χ1n) is 9.64. The van der Waals surface area contributed by atoms with Gasteiger partial charge in [-0.3, -0.25) is 20.2 Å². The van der Waals surface area contributed by atoms with E-state index in [1.54, 1.807) is 0 Å². The molecule has 1 saturated heterocycles. The van der Waals surface area contributed by atoms with Crippen LogP contribution in [0.3, 0.4) is 0 Å². The molecule has 2 heterocycles. The Kier molecular flexibility index (Phi) is 5.48. The Labute approximate surface area is 184 Å². The van der Waals surface area contributed by atoms with Crippen LogP contribution in [0.25, 0.3) is 0 Å². The lowest BCUT2D eigenvalue weighted by molar-refractivity contribution is -0.385. The van der Waals surface area contributed by atoms with Crippen molar-refractivity contribution in [1.29, 1.82) is 0 Å². The minimum atomic E-state index is -0.620. The van der Waals surface area contributed by atoms with Gasteiger partial charge in [-0.25, -0.2) is 0 Å². The van der Waals surface area contributed by atoms with Crippen LogP contribution in [-0.4, -0.2) is 47.0 Å². The number of hydrogen-bond acceptors (Lipinski definition) is 5. The van der Waals surface area contributed by atoms with Crippen molar-refractivity contribution in [1.82, 2.24) is 10.2 Å². The summed E-state index contributed by atoms with van der Waals surface area (Å²) < 4.78 is 0. The number of fused-ring (bicyclic) bond motifs is 3. The van der Waals surface area contributed by atoms with Gasteiger partial charge in [0.25, 0.3) is 11.6 Å². The Morgan fingerprint density at radius 3 is 2.80 bits per heavy atom. The second kappa shape index (κ2) is 7.94. The molecule has 1 N–H and O–H groups in total. The molecule has 0 unspecified atom stereocenters. The molecule has 7 nitrogen and oxygen atoms in total. The summed E-state index contributed by atoms with van der Waals surface area (Å²) in [6, 6.07) is 10.4. The molecule has 2 aromatic carbocycles. The fourth-order valence-corrected chi connectivity index (χ4v) is 4.91. The van der Waals surface area contributed by atoms with Crippen LogP contribution in [0.1, 0.15) is 33.8 Å². The lowest BCUT2D eigenvalue weighted by Crippen LogP contribution is -2.51. The Hall–Kier alpha value is -2.55. The number of aryl methyl sites for hydroxylation is 1. The third kappa shape index (κ3) is 3.66. The van der Waals surface area contributed by atoms with Crippen molar-refractivity contribution >= 4 is 46.2 Å². The third-order valence-electron chi connectivity index (χ3n) is 5.79. The van der Waals surface area contributed by atoms with Gasteiger partial charge in [-0.2, -0.15) is 0 Å². The van der Waals surface area contributed by atoms with Crippen molar-refractivity contribution in [2.24, 2.45) is 0 Å². The van der Waals surface area contributed by atoms with Crippen molar-refractivity contribution in [3.8, 4) is 0 Å². The zero-order valence-corrected chi connectivity index (χ0v) is 18.2. The predicted molar refractivity (Wildman–Crippen MR) is 120 cm³/mol. The first-order chi connectivity index (χ1) is 14.3. The lowest BCUT2D eigenvalue weighted by atomic mass is 9.89. The fourth-order valence-electron chi connectivity index (χ4n) is 4.42. The predicted octanol–water partition coefficient (Wildman–Crippen LogP) is 3.88. The molecule has 4 rings (SSSR count). The van der Waals surface area contributed by atoms with E-state index in [2.05, 4.69) is 30.3 Å². The van der Waals surface area contributed by atoms with Gasteiger partial charge >= 0.3 is 0 Å². The highest BCUT2D eigenvalue weighted by atomic mass is 35.5. The van der Waals surface area contributed by atoms with Crippen LogP contribution in [0, 0.1) is 17.0 Å². The number of likely N-dealkylation sites (N-methyl/N-ethyl adjacent to an activating group) is 1. The van der Waals surface area contributed by atoms with Gasteiger partial charge in [-0.1, -0.05) is 29.3 Å². The highest BCUT2D eigenvalue weighted by Crippen LogP contribution is 2.45. The zero-order chi connectivity index (χ0) is 21.6. The SMILES string of the molecule is Cc1ccc2c(c1)[C@H]1CN(C)CC[C@H]1N2C(=S)NC(=O)c1ccc(Cl)cc1[N+](=O)[O-]. The molecule has 1 fully saturated rings. The number of anilines is 1. The fraction of sp³-hybridized carbons (Fsp3) is 0.333. The number of nitrogens with one attached hydrogen (secondary N) is 1. The summed E-state index contributed by atoms with van der Waals surface area (Å²) in [4.78, 5) is 27.9. The van der Waals surface area contributed by atoms with Gasteiger partial charge < -0.3 is 9.80 Å². The Bertz CT molecular complexity index is 1060. The molecule has 0 aliphatic carbocycles. The molecule has 2 atom stereocenters. The average molecular weight is 445 g/mol. The number of halogens is 1. The molecule has 9 heteroatoms. The number of nitrogens with zero attached hydrogens (tertiary/aromatic N) is 3. The Balaban J connectivity index is 1.64. The van der Waals surface area contributed by atoms with E-state index in [9.17, 15) is 14.9 Å². The lowest BCUT2D eigenvalue weighted by Gasteiger charge is -2.37. The molecule has 1 amide bonds. The van der Waals surface area contributed by atoms with Gasteiger partial charge in [0.2, 0.25) is 0 Å². The highest BCUT2D eigenvalue weighted by molar-refractivity contribution is 7.80. The van der Waals surface area contributed by atoms with E-state index in [0.29, 0.717) is 5.92 Å². The standard InChI is InChI=1S/C21H21ClN4O3S/c1-12-3-6-17-15(9-12)16-11-24(2)8-7-18(16)25(17)21(30)23-20(27)14-5-4-13(22)10-19(14)26(28)29/h3-6,9-10,16,18H,7-8,11H2,1-2H3,(H,23,27,30)/t16-,18-/m1/s1. The van der Waals surface area contributed by atoms with Crippen molar-refractivity contribution in [3.63, 3.8) is 0 Å². The Morgan fingerprint density at radius 2 is 2.07 bits per heavy atom. The summed E-state index contributed by atoms with van der Waals surface area (Å²) in [5.74, 6) is -0.327. The summed E-state index contributed by atoms with van der Waals surface area (Å²) in [7, 11) is 2.11. The molecule has 2 aliphatic heterocycles. The molecule has 0 radical (unpaired) electrons. The van der Waals surface area contributed by atoms with Crippen LogP contribution in [0.15, 0.2) is 36.4 Å². The number of hydrogen-bond donors (Lipinski definition) is 1. The number of likely N-dealkylation sites (tertiary alicyclic amines) is 1. The quantitative estimate of drug-likeness (QED) is 0.430. The van der Waals surface area contributed by atoms with Gasteiger partial charge in [0, 0.05) is 35.3 Å². The van der Waals surface area contributed by atoms with E-state index < -0.39 is 10.8 Å². The van der Waals surface area contributed by atoms with Crippen molar-refractivity contribution in [3.05, 3.63) is 68.2 Å². The highest BCUT2D eigenvalue weighted by Gasteiger charge is 2.43. The maximum Gasteiger partial charge on any atom is 0.283 e. The summed E-state index contributed by atoms with van der Waals surface area (Å²) in [6.45, 7) is 3.91. The first kappa shape index (κ1) is 20.7. The molecule has 0 spiro atoms. The third-order valence-corrected chi connectivity index (χ3v) is 6.33. The van der Waals surface area contributed by atoms with Crippen LogP contribution in [-0.2, 0) is 0 Å². The zero-order valence-electron chi connectivity index (χ0n) is 16.6. The maximum absolute atomic E-state index is 12.8. The number of amides is 1. The van der Waals surface area contributed by atoms with E-state index >= 15 is 0 Å². The second-order valence-electron chi connectivity index (χ2n) is 7.83. The largest absolute Gasteiger partial charge is 0.315 e. The molecule has 30 heavy (non-hydrogen) atoms. The number of thiocarbonyl (C=S) groups is 1. The molecule has 2 aliphatic rings. The normalized spacial score (nSPS) is 20.4. The van der Waals surface area contributed by atoms with E-state index in [4.69, 9.17) is 23.8 Å². The minimum Gasteiger partial charge on any atom is -0.315 e. The topological polar surface area (TPSA) is 78.7 Å². The molecule has 156 valence electrons. The number of rotatable bonds is 2. The first-order valence-corrected chi connectivity index (χ1v) is 10.4. The molecule has 0 saturated carbocycles. The van der Waals surface area contributed by atoms with Gasteiger partial charge in [0.1, 0.15) is 5.56 Å². The number of carbonyl (C=O) groups excluding carboxylic acids is 1. The number of nitro groups is 1. The van der Waals surface area contributed by atoms with Crippen molar-refractivity contribution in [2.45, 2.75) is 25.3 Å². The van der Waals surface area contributed by atoms with Gasteiger partial charge in [0.05, 0.1) is 4.92 Å². The minimum absolute atomic E-state index is 0.0741. The Morgan fingerprint density at radius 1 is 1.30 bits per heavy atom. The van der Waals surface area contributed by atoms with Crippen LogP contribution in [0.4, 0.5) is 11.4 Å². The molecule has 0 aromatic heterocycles. The molecular weight excluding hydrogens is 424 g/mol. The van der Waals surface area contributed by atoms with Crippen LogP contribution in [0.2, 0.25) is 5.02 Å². The number of benzene rings is 2. The van der Waals surface area contributed by atoms with E-state index in [-0.39, 0.29) is 27.4 Å². The van der Waals surface area contributed by atoms with E-state index in [1.165, 1.54) is 29.3 Å². The molecule has 2 aromatic rings. The summed E-state index contributed by atoms with van der Waals surface area (Å²) in [6.07, 6.45) is 0.909. The van der Waals surface area contributed by atoms with Gasteiger partial charge in [-0.05, 0) is 62.9 Å². The van der Waals surface area contributed by atoms with E-state index in [0.717, 1.165) is 25.2 Å². The van der Waals surface area contributed by atoms with Crippen molar-refractivity contribution in [2.75, 3.05) is 25.0 Å². The summed E-state index contributed by atoms with van der Waals surface area (Å²) >= 11 is 11.5. The number of piperidine rings is 1. The van der Waals surface area contributed by atoms with Gasteiger partial charge in [0.15, 0.2) is 5.11 Å². The average Bonchev–Trinajstić information content (AvgIpc) is 3.00. The monoisotopic (exact) mass is 444 g/mol. The molecular formula is C21H21ClN4O3S. The number of nitro benzene ring substituents is 1. The summed E-state index contributed by atoms with van der Waals surface area (Å²) in [5.41, 5.74) is 2.96. The van der Waals surface area contributed by atoms with Crippen LogP contribution >= 0.6 is 23.8 Å². The van der Waals surface area contributed by atoms with Crippen LogP contribution < -0.4 is 10.2 Å². The van der Waals surface area contributed by atoms with Crippen molar-refractivity contribution < 1.29 is 9.72 Å².